The maximum atomic E-state index is 8.81. The number of anilines is 1. The number of hydrogen-bond acceptors (Lipinski definition) is 5. The van der Waals surface area contributed by atoms with Crippen LogP contribution in [0.3, 0.4) is 0 Å². The molecular formula is C11H9ClN4S. The number of hydrogen-bond donors (Lipinski definition) is 1. The van der Waals surface area contributed by atoms with E-state index in [2.05, 4.69) is 15.3 Å². The summed E-state index contributed by atoms with van der Waals surface area (Å²) in [6.07, 6.45) is 0. The van der Waals surface area contributed by atoms with Crippen molar-refractivity contribution >= 4 is 28.8 Å². The zero-order valence-electron chi connectivity index (χ0n) is 9.07. The van der Waals surface area contributed by atoms with Gasteiger partial charge in [0, 0.05) is 4.88 Å². The molecule has 2 rings (SSSR count). The van der Waals surface area contributed by atoms with Crippen LogP contribution < -0.4 is 5.32 Å². The van der Waals surface area contributed by atoms with Gasteiger partial charge in [-0.2, -0.15) is 5.26 Å². The summed E-state index contributed by atoms with van der Waals surface area (Å²) < 4.78 is 0. The smallest absolute Gasteiger partial charge is 0.132 e. The van der Waals surface area contributed by atoms with Gasteiger partial charge in [-0.1, -0.05) is 11.6 Å². The summed E-state index contributed by atoms with van der Waals surface area (Å²) in [7, 11) is 0. The summed E-state index contributed by atoms with van der Waals surface area (Å²) in [5, 5.41) is 12.3. The van der Waals surface area contributed by atoms with E-state index < -0.39 is 0 Å². The third kappa shape index (κ3) is 2.93. The number of nitrogens with one attached hydrogen (secondary N) is 1. The molecule has 0 radical (unpaired) electrons. The predicted octanol–water partition coefficient (Wildman–Crippen LogP) is 2.98. The van der Waals surface area contributed by atoms with Crippen molar-refractivity contribution < 1.29 is 0 Å². The molecule has 2 heterocycles. The van der Waals surface area contributed by atoms with Crippen LogP contribution in [0.2, 0.25) is 5.15 Å². The predicted molar refractivity (Wildman–Crippen MR) is 68.1 cm³/mol. The molecule has 0 aliphatic rings. The minimum absolute atomic E-state index is 0.313. The van der Waals surface area contributed by atoms with Crippen molar-refractivity contribution in [2.24, 2.45) is 0 Å². The molecular weight excluding hydrogens is 256 g/mol. The monoisotopic (exact) mass is 264 g/mol. The molecule has 17 heavy (non-hydrogen) atoms. The molecule has 0 amide bonds. The number of halogens is 1. The van der Waals surface area contributed by atoms with Gasteiger partial charge in [0.05, 0.1) is 29.4 Å². The third-order valence-corrected chi connectivity index (χ3v) is 3.33. The SMILES string of the molecule is Cc1ncsc1CNc1cc(C#N)cc(Cl)n1. The summed E-state index contributed by atoms with van der Waals surface area (Å²) in [6.45, 7) is 2.59. The molecule has 0 aliphatic heterocycles. The van der Waals surface area contributed by atoms with E-state index in [0.29, 0.717) is 23.1 Å². The van der Waals surface area contributed by atoms with E-state index >= 15 is 0 Å². The van der Waals surface area contributed by atoms with Gasteiger partial charge in [-0.3, -0.25) is 0 Å². The Morgan fingerprint density at radius 1 is 1.53 bits per heavy atom. The number of nitriles is 1. The second kappa shape index (κ2) is 5.13. The fourth-order valence-corrected chi connectivity index (χ4v) is 2.24. The molecule has 0 spiro atoms. The molecule has 0 aliphatic carbocycles. The molecule has 0 fully saturated rings. The molecule has 1 N–H and O–H groups in total. The minimum Gasteiger partial charge on any atom is -0.365 e. The maximum absolute atomic E-state index is 8.81. The van der Waals surface area contributed by atoms with Gasteiger partial charge >= 0.3 is 0 Å². The number of aryl methyl sites for hydroxylation is 1. The van der Waals surface area contributed by atoms with E-state index in [0.717, 1.165) is 10.6 Å². The van der Waals surface area contributed by atoms with Crippen LogP contribution in [-0.2, 0) is 6.54 Å². The summed E-state index contributed by atoms with van der Waals surface area (Å²) >= 11 is 7.39. The Balaban J connectivity index is 2.12. The standard InChI is InChI=1S/C11H9ClN4S/c1-7-9(17-6-15-7)5-14-11-3-8(4-13)2-10(12)16-11/h2-3,6H,5H2,1H3,(H,14,16). The molecule has 86 valence electrons. The molecule has 4 nitrogen and oxygen atoms in total. The Labute approximate surface area is 108 Å². The first-order chi connectivity index (χ1) is 8.19. The van der Waals surface area contributed by atoms with Crippen LogP contribution in [0, 0.1) is 18.3 Å². The van der Waals surface area contributed by atoms with Crippen molar-refractivity contribution in [2.75, 3.05) is 5.32 Å². The van der Waals surface area contributed by atoms with E-state index in [1.54, 1.807) is 22.9 Å². The largest absolute Gasteiger partial charge is 0.365 e. The Kier molecular flexibility index (Phi) is 3.57. The zero-order chi connectivity index (χ0) is 12.3. The van der Waals surface area contributed by atoms with Crippen molar-refractivity contribution in [3.05, 3.63) is 38.9 Å². The summed E-state index contributed by atoms with van der Waals surface area (Å²) in [4.78, 5) is 9.40. The van der Waals surface area contributed by atoms with Crippen molar-refractivity contribution in [1.29, 1.82) is 5.26 Å². The highest BCUT2D eigenvalue weighted by Crippen LogP contribution is 2.17. The van der Waals surface area contributed by atoms with E-state index in [-0.39, 0.29) is 0 Å². The first kappa shape index (κ1) is 11.8. The minimum atomic E-state index is 0.313. The Morgan fingerprint density at radius 3 is 3.00 bits per heavy atom. The number of rotatable bonds is 3. The molecule has 0 saturated heterocycles. The summed E-state index contributed by atoms with van der Waals surface area (Å²) in [5.41, 5.74) is 3.30. The van der Waals surface area contributed by atoms with Crippen LogP contribution in [0.4, 0.5) is 5.82 Å². The van der Waals surface area contributed by atoms with Gasteiger partial charge < -0.3 is 5.32 Å². The first-order valence-electron chi connectivity index (χ1n) is 4.89. The van der Waals surface area contributed by atoms with E-state index in [1.165, 1.54) is 6.07 Å². The van der Waals surface area contributed by atoms with Crippen LogP contribution >= 0.6 is 22.9 Å². The zero-order valence-corrected chi connectivity index (χ0v) is 10.6. The van der Waals surface area contributed by atoms with Gasteiger partial charge in [0.1, 0.15) is 11.0 Å². The molecule has 0 aromatic carbocycles. The summed E-state index contributed by atoms with van der Waals surface area (Å²) in [5.74, 6) is 0.599. The third-order valence-electron chi connectivity index (χ3n) is 2.20. The first-order valence-corrected chi connectivity index (χ1v) is 6.15. The molecule has 0 saturated carbocycles. The van der Waals surface area contributed by atoms with E-state index in [1.807, 2.05) is 13.0 Å². The van der Waals surface area contributed by atoms with Gasteiger partial charge in [0.2, 0.25) is 0 Å². The topological polar surface area (TPSA) is 61.6 Å². The van der Waals surface area contributed by atoms with Crippen LogP contribution in [0.15, 0.2) is 17.6 Å². The maximum Gasteiger partial charge on any atom is 0.132 e. The summed E-state index contributed by atoms with van der Waals surface area (Å²) in [6, 6.07) is 5.24. The van der Waals surface area contributed by atoms with E-state index in [4.69, 9.17) is 16.9 Å². The molecule has 2 aromatic rings. The van der Waals surface area contributed by atoms with Gasteiger partial charge in [-0.15, -0.1) is 11.3 Å². The average molecular weight is 265 g/mol. The highest BCUT2D eigenvalue weighted by molar-refractivity contribution is 7.09. The fourth-order valence-electron chi connectivity index (χ4n) is 1.32. The van der Waals surface area contributed by atoms with E-state index in [9.17, 15) is 0 Å². The van der Waals surface area contributed by atoms with Crippen LogP contribution in [0.5, 0.6) is 0 Å². The molecule has 2 aromatic heterocycles. The lowest BCUT2D eigenvalue weighted by molar-refractivity contribution is 1.09. The van der Waals surface area contributed by atoms with Gasteiger partial charge in [0.15, 0.2) is 0 Å². The Hall–Kier alpha value is -1.64. The molecule has 0 atom stereocenters. The Bertz CT molecular complexity index is 573. The highest BCUT2D eigenvalue weighted by Gasteiger charge is 2.04. The fraction of sp³-hybridized carbons (Fsp3) is 0.182. The lowest BCUT2D eigenvalue weighted by atomic mass is 10.3. The number of thiazole rings is 1. The second-order valence-electron chi connectivity index (χ2n) is 3.39. The van der Waals surface area contributed by atoms with Gasteiger partial charge in [0.25, 0.3) is 0 Å². The molecule has 0 unspecified atom stereocenters. The second-order valence-corrected chi connectivity index (χ2v) is 4.72. The van der Waals surface area contributed by atoms with Crippen molar-refractivity contribution in [1.82, 2.24) is 9.97 Å². The number of nitrogens with zero attached hydrogens (tertiary/aromatic N) is 3. The van der Waals surface area contributed by atoms with Gasteiger partial charge in [-0.25, -0.2) is 9.97 Å². The van der Waals surface area contributed by atoms with Crippen molar-refractivity contribution in [2.45, 2.75) is 13.5 Å². The highest BCUT2D eigenvalue weighted by atomic mass is 35.5. The van der Waals surface area contributed by atoms with Crippen LogP contribution in [-0.4, -0.2) is 9.97 Å². The van der Waals surface area contributed by atoms with Crippen LogP contribution in [0.1, 0.15) is 16.1 Å². The Morgan fingerprint density at radius 2 is 2.35 bits per heavy atom. The van der Waals surface area contributed by atoms with Crippen LogP contribution in [0.25, 0.3) is 0 Å². The lowest BCUT2D eigenvalue weighted by Crippen LogP contribution is -2.01. The average Bonchev–Trinajstić information content (AvgIpc) is 2.71. The van der Waals surface area contributed by atoms with Crippen molar-refractivity contribution in [3.8, 4) is 6.07 Å². The normalized spacial score (nSPS) is 9.94. The number of pyridine rings is 1. The molecule has 6 heteroatoms. The molecule has 0 bridgehead atoms. The quantitative estimate of drug-likeness (QED) is 0.866. The lowest BCUT2D eigenvalue weighted by Gasteiger charge is -2.05. The number of aromatic nitrogens is 2. The van der Waals surface area contributed by atoms with Gasteiger partial charge in [-0.05, 0) is 19.1 Å². The van der Waals surface area contributed by atoms with Crippen molar-refractivity contribution in [3.63, 3.8) is 0 Å².